The molecule has 26 heavy (non-hydrogen) atoms. The van der Waals surface area contributed by atoms with Crippen molar-refractivity contribution in [2.75, 3.05) is 0 Å². The molecule has 0 heterocycles. The zero-order valence-electron chi connectivity index (χ0n) is 18.7. The van der Waals surface area contributed by atoms with E-state index in [1.54, 1.807) is 6.92 Å². The molecule has 0 aliphatic heterocycles. The summed E-state index contributed by atoms with van der Waals surface area (Å²) in [7, 11) is -2.10. The van der Waals surface area contributed by atoms with Crippen molar-refractivity contribution in [1.82, 2.24) is 0 Å². The van der Waals surface area contributed by atoms with Gasteiger partial charge < -0.3 is 4.43 Å². The SMILES string of the molecule is C=C(C)C(=O)O[Si](CCC)(CC(CC)CCCC)CC(CC)CCCC. The first kappa shape index (κ1) is 25.4. The highest BCUT2D eigenvalue weighted by molar-refractivity contribution is 6.75. The lowest BCUT2D eigenvalue weighted by molar-refractivity contribution is -0.131. The topological polar surface area (TPSA) is 26.3 Å². The first-order valence-electron chi connectivity index (χ1n) is 11.3. The van der Waals surface area contributed by atoms with Crippen LogP contribution in [0.2, 0.25) is 18.1 Å². The van der Waals surface area contributed by atoms with Crippen molar-refractivity contribution < 1.29 is 9.22 Å². The van der Waals surface area contributed by atoms with E-state index in [4.69, 9.17) is 4.43 Å². The zero-order valence-corrected chi connectivity index (χ0v) is 19.7. The van der Waals surface area contributed by atoms with Gasteiger partial charge in [-0.15, -0.1) is 0 Å². The third-order valence-electron chi connectivity index (χ3n) is 5.77. The van der Waals surface area contributed by atoms with Gasteiger partial charge in [0.1, 0.15) is 0 Å². The fraction of sp³-hybridized carbons (Fsp3) is 0.870. The highest BCUT2D eigenvalue weighted by Gasteiger charge is 2.41. The average Bonchev–Trinajstić information content (AvgIpc) is 2.62. The van der Waals surface area contributed by atoms with Gasteiger partial charge in [0.05, 0.1) is 0 Å². The fourth-order valence-corrected chi connectivity index (χ4v) is 9.51. The smallest absolute Gasteiger partial charge is 0.319 e. The van der Waals surface area contributed by atoms with Crippen LogP contribution in [0.1, 0.15) is 99.3 Å². The molecule has 0 aromatic heterocycles. The van der Waals surface area contributed by atoms with E-state index in [-0.39, 0.29) is 5.97 Å². The number of hydrogen-bond acceptors (Lipinski definition) is 2. The molecular formula is C23H46O2Si. The van der Waals surface area contributed by atoms with E-state index in [9.17, 15) is 4.79 Å². The van der Waals surface area contributed by atoms with E-state index in [2.05, 4.69) is 41.2 Å². The molecule has 0 aromatic carbocycles. The molecule has 0 saturated heterocycles. The Hall–Kier alpha value is -0.573. The summed E-state index contributed by atoms with van der Waals surface area (Å²) in [6.07, 6.45) is 11.2. The van der Waals surface area contributed by atoms with E-state index in [1.807, 2.05) is 0 Å². The van der Waals surface area contributed by atoms with Gasteiger partial charge in [0, 0.05) is 5.57 Å². The maximum absolute atomic E-state index is 12.5. The second kappa shape index (κ2) is 14.5. The van der Waals surface area contributed by atoms with E-state index in [1.165, 1.54) is 51.4 Å². The Kier molecular flexibility index (Phi) is 14.2. The molecule has 0 saturated carbocycles. The Morgan fingerprint density at radius 1 is 0.885 bits per heavy atom. The van der Waals surface area contributed by atoms with Gasteiger partial charge in [0.25, 0.3) is 8.32 Å². The van der Waals surface area contributed by atoms with Gasteiger partial charge in [-0.05, 0) is 36.9 Å². The van der Waals surface area contributed by atoms with Gasteiger partial charge in [0.15, 0.2) is 0 Å². The highest BCUT2D eigenvalue weighted by Crippen LogP contribution is 2.37. The molecule has 0 N–H and O–H groups in total. The summed E-state index contributed by atoms with van der Waals surface area (Å²) in [5.41, 5.74) is 0.557. The lowest BCUT2D eigenvalue weighted by atomic mass is 10.0. The van der Waals surface area contributed by atoms with Crippen molar-refractivity contribution >= 4 is 14.3 Å². The van der Waals surface area contributed by atoms with Gasteiger partial charge in [-0.25, -0.2) is 4.79 Å². The summed E-state index contributed by atoms with van der Waals surface area (Å²) in [6, 6.07) is 3.41. The monoisotopic (exact) mass is 382 g/mol. The van der Waals surface area contributed by atoms with Crippen LogP contribution >= 0.6 is 0 Å². The van der Waals surface area contributed by atoms with Crippen LogP contribution in [0.25, 0.3) is 0 Å². The Bertz CT molecular complexity index is 374. The van der Waals surface area contributed by atoms with Crippen molar-refractivity contribution in [1.29, 1.82) is 0 Å². The first-order valence-corrected chi connectivity index (χ1v) is 13.8. The largest absolute Gasteiger partial charge is 0.516 e. The molecule has 0 rings (SSSR count). The van der Waals surface area contributed by atoms with E-state index >= 15 is 0 Å². The minimum Gasteiger partial charge on any atom is -0.516 e. The molecule has 0 amide bonds. The Balaban J connectivity index is 5.49. The van der Waals surface area contributed by atoms with Gasteiger partial charge in [0.2, 0.25) is 0 Å². The average molecular weight is 383 g/mol. The van der Waals surface area contributed by atoms with E-state index in [0.717, 1.165) is 24.6 Å². The lowest BCUT2D eigenvalue weighted by Gasteiger charge is -2.36. The fourth-order valence-electron chi connectivity index (χ4n) is 4.10. The molecule has 3 heteroatoms. The predicted octanol–water partition coefficient (Wildman–Crippen LogP) is 7.89. The Labute approximate surface area is 165 Å². The second-order valence-corrected chi connectivity index (χ2v) is 12.2. The quantitative estimate of drug-likeness (QED) is 0.200. The van der Waals surface area contributed by atoms with Crippen LogP contribution in [-0.4, -0.2) is 14.3 Å². The first-order chi connectivity index (χ1) is 12.4. The summed E-state index contributed by atoms with van der Waals surface area (Å²) in [5, 5.41) is 0. The van der Waals surface area contributed by atoms with Gasteiger partial charge in [-0.2, -0.15) is 0 Å². The molecule has 0 radical (unpaired) electrons. The number of unbranched alkanes of at least 4 members (excludes halogenated alkanes) is 2. The van der Waals surface area contributed by atoms with Crippen LogP contribution < -0.4 is 0 Å². The minimum absolute atomic E-state index is 0.138. The molecule has 0 aliphatic rings. The number of carbonyl (C=O) groups is 1. The summed E-state index contributed by atoms with van der Waals surface area (Å²) in [6.45, 7) is 17.0. The van der Waals surface area contributed by atoms with Gasteiger partial charge in [-0.1, -0.05) is 99.0 Å². The third kappa shape index (κ3) is 9.94. The highest BCUT2D eigenvalue weighted by atomic mass is 28.4. The van der Waals surface area contributed by atoms with Crippen LogP contribution in [0.4, 0.5) is 0 Å². The number of rotatable bonds is 16. The molecule has 0 aliphatic carbocycles. The Morgan fingerprint density at radius 3 is 1.65 bits per heavy atom. The molecule has 2 atom stereocenters. The summed E-state index contributed by atoms with van der Waals surface area (Å²) >= 11 is 0. The van der Waals surface area contributed by atoms with Crippen molar-refractivity contribution in [3.8, 4) is 0 Å². The summed E-state index contributed by atoms with van der Waals surface area (Å²) in [4.78, 5) is 12.5. The third-order valence-corrected chi connectivity index (χ3v) is 10.4. The molecular weight excluding hydrogens is 336 g/mol. The predicted molar refractivity (Wildman–Crippen MR) is 118 cm³/mol. The molecule has 0 aromatic rings. The summed E-state index contributed by atoms with van der Waals surface area (Å²) < 4.78 is 6.36. The van der Waals surface area contributed by atoms with Gasteiger partial charge in [-0.3, -0.25) is 0 Å². The van der Waals surface area contributed by atoms with Crippen LogP contribution in [0.5, 0.6) is 0 Å². The van der Waals surface area contributed by atoms with Crippen molar-refractivity contribution in [3.63, 3.8) is 0 Å². The second-order valence-electron chi connectivity index (χ2n) is 8.34. The van der Waals surface area contributed by atoms with Crippen LogP contribution in [0.15, 0.2) is 12.2 Å². The molecule has 0 fully saturated rings. The van der Waals surface area contributed by atoms with Crippen LogP contribution in [-0.2, 0) is 9.22 Å². The molecule has 2 unspecified atom stereocenters. The maximum atomic E-state index is 12.5. The molecule has 0 spiro atoms. The lowest BCUT2D eigenvalue weighted by Crippen LogP contribution is -2.44. The zero-order chi connectivity index (χ0) is 20.0. The maximum Gasteiger partial charge on any atom is 0.319 e. The van der Waals surface area contributed by atoms with Crippen molar-refractivity contribution in [2.24, 2.45) is 11.8 Å². The van der Waals surface area contributed by atoms with Crippen molar-refractivity contribution in [3.05, 3.63) is 12.2 Å². The molecule has 2 nitrogen and oxygen atoms in total. The molecule has 0 bridgehead atoms. The Morgan fingerprint density at radius 2 is 1.35 bits per heavy atom. The summed E-state index contributed by atoms with van der Waals surface area (Å²) in [5.74, 6) is 1.27. The standard InChI is InChI=1S/C23H46O2Si/c1-8-13-15-21(11-4)18-26(17-10-3,25-23(24)20(6)7)19-22(12-5)16-14-9-2/h21-22H,6,8-19H2,1-5,7H3. The van der Waals surface area contributed by atoms with Crippen LogP contribution in [0.3, 0.4) is 0 Å². The number of hydrogen-bond donors (Lipinski definition) is 0. The van der Waals surface area contributed by atoms with Gasteiger partial charge >= 0.3 is 5.97 Å². The molecule has 154 valence electrons. The van der Waals surface area contributed by atoms with E-state index in [0.29, 0.717) is 17.4 Å². The van der Waals surface area contributed by atoms with Crippen molar-refractivity contribution in [2.45, 2.75) is 117 Å². The van der Waals surface area contributed by atoms with E-state index < -0.39 is 8.32 Å². The normalized spacial score (nSPS) is 15.9. The number of carbonyl (C=O) groups excluding carboxylic acids is 1. The van der Waals surface area contributed by atoms with Crippen LogP contribution in [0, 0.1) is 11.8 Å². The minimum atomic E-state index is -2.10.